The summed E-state index contributed by atoms with van der Waals surface area (Å²) in [6.07, 6.45) is 1.88. The lowest BCUT2D eigenvalue weighted by Crippen LogP contribution is -1.79. The van der Waals surface area contributed by atoms with Gasteiger partial charge in [-0.15, -0.1) is 0 Å². The molecule has 0 atom stereocenters. The number of fused-ring (bicyclic) bond motifs is 3. The van der Waals surface area contributed by atoms with E-state index in [2.05, 4.69) is 49.0 Å². The van der Waals surface area contributed by atoms with Crippen molar-refractivity contribution in [3.63, 3.8) is 0 Å². The second-order valence-corrected chi connectivity index (χ2v) is 3.89. The molecule has 3 aromatic carbocycles. The van der Waals surface area contributed by atoms with Gasteiger partial charge < -0.3 is 0 Å². The van der Waals surface area contributed by atoms with Gasteiger partial charge in [0.1, 0.15) is 0 Å². The van der Waals surface area contributed by atoms with Crippen molar-refractivity contribution >= 4 is 27.6 Å². The second-order valence-electron chi connectivity index (χ2n) is 3.89. The van der Waals surface area contributed by atoms with E-state index in [4.69, 9.17) is 0 Å². The lowest BCUT2D eigenvalue weighted by atomic mass is 10.0. The molecule has 0 saturated heterocycles. The Kier molecular flexibility index (Phi) is 2.00. The molecule has 0 N–H and O–H groups in total. The van der Waals surface area contributed by atoms with Crippen molar-refractivity contribution in [3.05, 3.63) is 66.7 Å². The van der Waals surface area contributed by atoms with E-state index in [1.807, 2.05) is 18.2 Å². The van der Waals surface area contributed by atoms with Gasteiger partial charge in [0.25, 0.3) is 0 Å². The average molecular weight is 203 g/mol. The summed E-state index contributed by atoms with van der Waals surface area (Å²) < 4.78 is 0. The minimum Gasteiger partial charge on any atom is -0.0985 e. The van der Waals surface area contributed by atoms with Gasteiger partial charge in [-0.25, -0.2) is 0 Å². The summed E-state index contributed by atoms with van der Waals surface area (Å²) in [7, 11) is 0. The van der Waals surface area contributed by atoms with Crippen molar-refractivity contribution in [2.45, 2.75) is 0 Å². The predicted molar refractivity (Wildman–Crippen MR) is 70.4 cm³/mol. The average Bonchev–Trinajstić information content (AvgIpc) is 2.38. The summed E-state index contributed by atoms with van der Waals surface area (Å²) in [4.78, 5) is 0. The van der Waals surface area contributed by atoms with Gasteiger partial charge >= 0.3 is 0 Å². The van der Waals surface area contributed by atoms with Gasteiger partial charge in [-0.2, -0.15) is 0 Å². The smallest absolute Gasteiger partial charge is 0.00926 e. The summed E-state index contributed by atoms with van der Waals surface area (Å²) in [5.41, 5.74) is 1.16. The van der Waals surface area contributed by atoms with Crippen LogP contribution in [-0.2, 0) is 0 Å². The van der Waals surface area contributed by atoms with Crippen LogP contribution in [0, 0.1) is 6.07 Å². The Hall–Kier alpha value is -2.08. The van der Waals surface area contributed by atoms with Crippen LogP contribution in [-0.4, -0.2) is 0 Å². The molecule has 0 saturated carbocycles. The molecular weight excluding hydrogens is 192 g/mol. The summed E-state index contributed by atoms with van der Waals surface area (Å²) in [5, 5.41) is 4.91. The molecule has 0 aliphatic rings. The summed E-state index contributed by atoms with van der Waals surface area (Å²) in [5.74, 6) is 0. The lowest BCUT2D eigenvalue weighted by molar-refractivity contribution is 1.72. The van der Waals surface area contributed by atoms with Crippen molar-refractivity contribution in [3.8, 4) is 0 Å². The minimum absolute atomic E-state index is 1.16. The molecule has 0 spiro atoms. The van der Waals surface area contributed by atoms with Crippen LogP contribution < -0.4 is 0 Å². The molecule has 75 valence electrons. The van der Waals surface area contributed by atoms with Crippen LogP contribution >= 0.6 is 0 Å². The van der Waals surface area contributed by atoms with E-state index in [-0.39, 0.29) is 0 Å². The van der Waals surface area contributed by atoms with Gasteiger partial charge in [0.15, 0.2) is 0 Å². The fourth-order valence-corrected chi connectivity index (χ4v) is 2.06. The van der Waals surface area contributed by atoms with Crippen LogP contribution in [0.25, 0.3) is 27.6 Å². The Morgan fingerprint density at radius 3 is 2.75 bits per heavy atom. The minimum atomic E-state index is 1.16. The number of rotatable bonds is 1. The molecule has 0 amide bonds. The SMILES string of the molecule is C=Cc1ccc2c[c]c3ccccc3c2c1. The molecule has 0 bridgehead atoms. The van der Waals surface area contributed by atoms with Crippen molar-refractivity contribution in [2.75, 3.05) is 0 Å². The van der Waals surface area contributed by atoms with E-state index in [1.165, 1.54) is 16.2 Å². The third kappa shape index (κ3) is 1.31. The Morgan fingerprint density at radius 2 is 1.88 bits per heavy atom. The molecule has 0 heterocycles. The molecule has 0 heteroatoms. The van der Waals surface area contributed by atoms with E-state index in [1.54, 1.807) is 0 Å². The van der Waals surface area contributed by atoms with Crippen LogP contribution in [0.15, 0.2) is 55.1 Å². The van der Waals surface area contributed by atoms with Crippen LogP contribution in [0.4, 0.5) is 0 Å². The zero-order chi connectivity index (χ0) is 11.0. The van der Waals surface area contributed by atoms with Crippen LogP contribution in [0.1, 0.15) is 5.56 Å². The maximum absolute atomic E-state index is 3.81. The highest BCUT2D eigenvalue weighted by Gasteiger charge is 2.00. The van der Waals surface area contributed by atoms with E-state index >= 15 is 0 Å². The van der Waals surface area contributed by atoms with Gasteiger partial charge in [0, 0.05) is 0 Å². The molecule has 0 aliphatic carbocycles. The van der Waals surface area contributed by atoms with Crippen LogP contribution in [0.3, 0.4) is 0 Å². The van der Waals surface area contributed by atoms with Gasteiger partial charge in [-0.3, -0.25) is 0 Å². The van der Waals surface area contributed by atoms with Gasteiger partial charge in [-0.1, -0.05) is 49.1 Å². The summed E-state index contributed by atoms with van der Waals surface area (Å²) in [6.45, 7) is 3.81. The molecule has 0 fully saturated rings. The van der Waals surface area contributed by atoms with Crippen molar-refractivity contribution in [1.29, 1.82) is 0 Å². The van der Waals surface area contributed by atoms with Crippen molar-refractivity contribution in [1.82, 2.24) is 0 Å². The van der Waals surface area contributed by atoms with Crippen molar-refractivity contribution < 1.29 is 0 Å². The quantitative estimate of drug-likeness (QED) is 0.513. The maximum atomic E-state index is 3.81. The van der Waals surface area contributed by atoms with E-state index in [9.17, 15) is 0 Å². The topological polar surface area (TPSA) is 0 Å². The van der Waals surface area contributed by atoms with Crippen LogP contribution in [0.5, 0.6) is 0 Å². The molecule has 0 aromatic heterocycles. The highest BCUT2D eigenvalue weighted by atomic mass is 14.0. The monoisotopic (exact) mass is 203 g/mol. The second kappa shape index (κ2) is 3.49. The Labute approximate surface area is 94.8 Å². The molecule has 3 rings (SSSR count). The number of hydrogen-bond donors (Lipinski definition) is 0. The Balaban J connectivity index is 2.52. The molecule has 16 heavy (non-hydrogen) atoms. The molecule has 0 aliphatic heterocycles. The maximum Gasteiger partial charge on any atom is -0.00926 e. The molecule has 0 nitrogen and oxygen atoms in total. The third-order valence-corrected chi connectivity index (χ3v) is 2.91. The number of benzene rings is 3. The lowest BCUT2D eigenvalue weighted by Gasteiger charge is -2.04. The van der Waals surface area contributed by atoms with Gasteiger partial charge in [0.05, 0.1) is 0 Å². The highest BCUT2D eigenvalue weighted by Crippen LogP contribution is 2.25. The fraction of sp³-hybridized carbons (Fsp3) is 0. The first kappa shape index (κ1) is 9.17. The van der Waals surface area contributed by atoms with Gasteiger partial charge in [0.2, 0.25) is 0 Å². The van der Waals surface area contributed by atoms with E-state index in [0.717, 1.165) is 10.9 Å². The standard InChI is InChI=1S/C16H11/c1-2-12-7-8-14-10-9-13-5-3-4-6-15(13)16(14)11-12/h2-8,10-11H,1H2. The summed E-state index contributed by atoms with van der Waals surface area (Å²) >= 11 is 0. The Morgan fingerprint density at radius 1 is 1.00 bits per heavy atom. The first-order chi connectivity index (χ1) is 7.88. The first-order valence-electron chi connectivity index (χ1n) is 5.34. The Bertz CT molecular complexity index is 678. The van der Waals surface area contributed by atoms with Crippen molar-refractivity contribution in [2.24, 2.45) is 0 Å². The normalized spacial score (nSPS) is 10.8. The van der Waals surface area contributed by atoms with E-state index < -0.39 is 0 Å². The largest absolute Gasteiger partial charge is 0.0985 e. The zero-order valence-corrected chi connectivity index (χ0v) is 8.90. The molecule has 1 radical (unpaired) electrons. The molecular formula is C16H11. The third-order valence-electron chi connectivity index (χ3n) is 2.91. The highest BCUT2D eigenvalue weighted by molar-refractivity contribution is 6.07. The zero-order valence-electron chi connectivity index (χ0n) is 8.90. The number of hydrogen-bond acceptors (Lipinski definition) is 0. The fourth-order valence-electron chi connectivity index (χ4n) is 2.06. The predicted octanol–water partition coefficient (Wildman–Crippen LogP) is 4.44. The van der Waals surface area contributed by atoms with Crippen LogP contribution in [0.2, 0.25) is 0 Å². The first-order valence-corrected chi connectivity index (χ1v) is 5.34. The molecule has 3 aromatic rings. The summed E-state index contributed by atoms with van der Waals surface area (Å²) in [6, 6.07) is 20.1. The molecule has 0 unspecified atom stereocenters. The van der Waals surface area contributed by atoms with E-state index in [0.29, 0.717) is 0 Å². The van der Waals surface area contributed by atoms with Gasteiger partial charge in [-0.05, 0) is 45.3 Å².